The molecule has 28 aromatic rings. The normalized spacial score (nSPS) is 11.6. The largest absolute Gasteiger partial charge is 0.309 e. The van der Waals surface area contributed by atoms with E-state index in [0.29, 0.717) is 40.9 Å². The van der Waals surface area contributed by atoms with Gasteiger partial charge in [-0.1, -0.05) is 364 Å². The second kappa shape index (κ2) is 34.3. The average molecular weight is 1820 g/mol. The standard InChI is InChI=1S/C46H29N3S.C38H23N5S.C37H22N6S/c1-2-13-30(14-3-1)31-15-10-16-32(27-31)33-17-11-18-34(28-33)44-43-39-23-6-9-26-42(39)50-46(43)48-45(47-44)35-19-12-20-36(29-35)49-40-24-7-4-21-37(40)38-22-5-8-25-41(38)49;1-3-13-24(14-4-1)29-23-30(25-15-5-2-6-16-25)40-36(39-29)35-34-28-19-9-12-22-33(28)44-37(34)42-38(41-35)43-31-20-10-7-17-26(31)27-18-8-11-21-32(27)43;1-3-13-23(14-4-1)33-39-34(24-15-5-2-6-16-24)41-35(40-33)32-31-27-19-9-12-22-30(27)44-36(31)42-37(38-32)43-28-20-10-7-17-25(28)26-18-8-11-21-29(26)43/h1-29H;1-23H;1-22H. The Bertz CT molecular complexity index is 9000. The van der Waals surface area contributed by atoms with E-state index >= 15 is 0 Å². The van der Waals surface area contributed by atoms with Crippen LogP contribution in [-0.2, 0) is 0 Å². The lowest BCUT2D eigenvalue weighted by molar-refractivity contribution is 0.999. The van der Waals surface area contributed by atoms with E-state index in [0.717, 1.165) is 157 Å². The number of nitrogens with zero attached hydrogens (tertiary/aromatic N) is 14. The van der Waals surface area contributed by atoms with Crippen LogP contribution in [0.25, 0.3) is 257 Å². The number of thiophene rings is 3. The van der Waals surface area contributed by atoms with Crippen LogP contribution in [0.5, 0.6) is 0 Å². The minimum Gasteiger partial charge on any atom is -0.309 e. The van der Waals surface area contributed by atoms with Gasteiger partial charge in [0.15, 0.2) is 29.1 Å². The highest BCUT2D eigenvalue weighted by atomic mass is 32.1. The molecule has 138 heavy (non-hydrogen) atoms. The SMILES string of the molecule is c1ccc(-c2cc(-c3ccccc3)nc(-c3nc(-n4c5ccccc5c5ccccc54)nc4sc5ccccc5c34)n2)cc1.c1ccc(-c2cccc(-c3cccc(-c4nc(-c5cccc(-n6c7ccccc7c7ccccc76)c5)nc5sc6ccccc6c45)c3)c2)cc1.c1ccc(-c2nc(-c3ccccc3)nc(-c3nc(-n4c5ccccc5c5ccccc54)nc4sc5ccccc5c34)n2)cc1. The van der Waals surface area contributed by atoms with Crippen molar-refractivity contribution in [1.29, 1.82) is 0 Å². The second-order valence-electron chi connectivity index (χ2n) is 33.9. The van der Waals surface area contributed by atoms with E-state index in [1.165, 1.54) is 59.4 Å². The third kappa shape index (κ3) is 14.4. The molecule has 0 aliphatic rings. The van der Waals surface area contributed by atoms with E-state index in [2.05, 4.69) is 366 Å². The van der Waals surface area contributed by atoms with E-state index in [1.54, 1.807) is 34.0 Å². The van der Waals surface area contributed by atoms with Gasteiger partial charge < -0.3 is 4.57 Å². The third-order valence-corrected chi connectivity index (χ3v) is 28.8. The molecule has 11 heterocycles. The maximum atomic E-state index is 5.40. The van der Waals surface area contributed by atoms with Gasteiger partial charge in [-0.3, -0.25) is 9.13 Å². The highest BCUT2D eigenvalue weighted by molar-refractivity contribution is 7.26. The summed E-state index contributed by atoms with van der Waals surface area (Å²) in [7, 11) is 0. The number of benzene rings is 17. The molecule has 0 amide bonds. The number of rotatable bonds is 13. The highest BCUT2D eigenvalue weighted by Crippen LogP contribution is 2.47. The predicted molar refractivity (Wildman–Crippen MR) is 571 cm³/mol. The first kappa shape index (κ1) is 80.9. The summed E-state index contributed by atoms with van der Waals surface area (Å²) < 4.78 is 10.2. The van der Waals surface area contributed by atoms with E-state index in [-0.39, 0.29) is 0 Å². The number of fused-ring (bicyclic) bond motifs is 18. The molecule has 0 saturated heterocycles. The van der Waals surface area contributed by atoms with Crippen LogP contribution in [0.4, 0.5) is 0 Å². The van der Waals surface area contributed by atoms with Gasteiger partial charge in [0, 0.05) is 118 Å². The van der Waals surface area contributed by atoms with Gasteiger partial charge in [-0.2, -0.15) is 0 Å². The zero-order valence-electron chi connectivity index (χ0n) is 73.7. The molecule has 0 N–H and O–H groups in total. The Morgan fingerprint density at radius 3 is 0.855 bits per heavy atom. The van der Waals surface area contributed by atoms with Gasteiger partial charge in [-0.25, -0.2) is 54.8 Å². The summed E-state index contributed by atoms with van der Waals surface area (Å²) >= 11 is 5.06. The monoisotopic (exact) mass is 1820 g/mol. The third-order valence-electron chi connectivity index (χ3n) is 25.6. The van der Waals surface area contributed by atoms with E-state index in [4.69, 9.17) is 54.8 Å². The van der Waals surface area contributed by atoms with Gasteiger partial charge in [0.25, 0.3) is 0 Å². The predicted octanol–water partition coefficient (Wildman–Crippen LogP) is 31.5. The maximum Gasteiger partial charge on any atom is 0.236 e. The minimum absolute atomic E-state index is 0.510. The Morgan fingerprint density at radius 2 is 0.442 bits per heavy atom. The molecule has 0 saturated carbocycles. The average Bonchev–Trinajstić information content (AvgIpc) is 1.57. The Balaban J connectivity index is 0.000000107. The molecular formula is C121H74N14S3. The van der Waals surface area contributed by atoms with Crippen molar-refractivity contribution in [1.82, 2.24) is 68.5 Å². The molecule has 0 unspecified atom stereocenters. The van der Waals surface area contributed by atoms with Gasteiger partial charge in [-0.05, 0) is 107 Å². The van der Waals surface area contributed by atoms with E-state index in [9.17, 15) is 0 Å². The zero-order valence-corrected chi connectivity index (χ0v) is 76.2. The Kier molecular flexibility index (Phi) is 20.1. The molecule has 0 spiro atoms. The second-order valence-corrected chi connectivity index (χ2v) is 37.0. The lowest BCUT2D eigenvalue weighted by Gasteiger charge is -2.12. The molecule has 0 atom stereocenters. The van der Waals surface area contributed by atoms with Crippen molar-refractivity contribution < 1.29 is 0 Å². The van der Waals surface area contributed by atoms with Crippen molar-refractivity contribution in [3.05, 3.63) is 449 Å². The number of aromatic nitrogens is 14. The van der Waals surface area contributed by atoms with E-state index < -0.39 is 0 Å². The smallest absolute Gasteiger partial charge is 0.236 e. The van der Waals surface area contributed by atoms with Crippen LogP contribution in [0.2, 0.25) is 0 Å². The fourth-order valence-corrected chi connectivity index (χ4v) is 22.5. The fraction of sp³-hybridized carbons (Fsp3) is 0. The Morgan fingerprint density at radius 1 is 0.159 bits per heavy atom. The first-order chi connectivity index (χ1) is 68.4. The van der Waals surface area contributed by atoms with Crippen LogP contribution in [-0.4, -0.2) is 68.5 Å². The van der Waals surface area contributed by atoms with Crippen molar-refractivity contribution in [2.24, 2.45) is 0 Å². The van der Waals surface area contributed by atoms with Crippen LogP contribution < -0.4 is 0 Å². The van der Waals surface area contributed by atoms with Crippen molar-refractivity contribution >= 4 is 160 Å². The van der Waals surface area contributed by atoms with Crippen LogP contribution in [0.3, 0.4) is 0 Å². The Labute approximate surface area is 802 Å². The maximum absolute atomic E-state index is 5.40. The topological polar surface area (TPSA) is 157 Å². The van der Waals surface area contributed by atoms with Gasteiger partial charge >= 0.3 is 0 Å². The summed E-state index contributed by atoms with van der Waals surface area (Å²) in [6.07, 6.45) is 0. The molecule has 28 rings (SSSR count). The summed E-state index contributed by atoms with van der Waals surface area (Å²) in [5, 5.41) is 13.5. The molecule has 0 bridgehead atoms. The summed E-state index contributed by atoms with van der Waals surface area (Å²) in [6, 6.07) is 156. The molecule has 0 fully saturated rings. The van der Waals surface area contributed by atoms with Gasteiger partial charge in [0.1, 0.15) is 25.9 Å². The fourth-order valence-electron chi connectivity index (χ4n) is 19.3. The van der Waals surface area contributed by atoms with Gasteiger partial charge in [0.05, 0.1) is 50.2 Å². The molecule has 0 aliphatic carbocycles. The molecule has 0 radical (unpaired) electrons. The molecule has 646 valence electrons. The summed E-state index contributed by atoms with van der Waals surface area (Å²) in [6.45, 7) is 0. The zero-order chi connectivity index (χ0) is 91.1. The highest BCUT2D eigenvalue weighted by Gasteiger charge is 2.28. The van der Waals surface area contributed by atoms with Crippen LogP contribution >= 0.6 is 34.0 Å². The number of hydrogen-bond acceptors (Lipinski definition) is 14. The quantitative estimate of drug-likeness (QED) is 0.108. The lowest BCUT2D eigenvalue weighted by atomic mass is 9.96. The number of para-hydroxylation sites is 6. The molecule has 0 aliphatic heterocycles. The first-order valence-corrected chi connectivity index (χ1v) is 48.1. The van der Waals surface area contributed by atoms with Crippen LogP contribution in [0, 0.1) is 0 Å². The molecule has 17 heteroatoms. The molecule has 17 aromatic carbocycles. The summed E-state index contributed by atoms with van der Waals surface area (Å²) in [5.74, 6) is 4.18. The van der Waals surface area contributed by atoms with Crippen molar-refractivity contribution in [3.63, 3.8) is 0 Å². The molecule has 14 nitrogen and oxygen atoms in total. The molecular weight excluding hydrogens is 1750 g/mol. The summed E-state index contributed by atoms with van der Waals surface area (Å²) in [4.78, 5) is 59.9. The van der Waals surface area contributed by atoms with Crippen molar-refractivity contribution in [2.75, 3.05) is 0 Å². The van der Waals surface area contributed by atoms with E-state index in [1.807, 2.05) is 97.1 Å². The first-order valence-electron chi connectivity index (χ1n) is 45.7. The van der Waals surface area contributed by atoms with Crippen molar-refractivity contribution in [3.8, 4) is 131 Å². The lowest BCUT2D eigenvalue weighted by Crippen LogP contribution is -2.06. The van der Waals surface area contributed by atoms with Gasteiger partial charge in [0.2, 0.25) is 11.9 Å². The molecule has 11 aromatic heterocycles. The van der Waals surface area contributed by atoms with Crippen LogP contribution in [0.1, 0.15) is 0 Å². The number of hydrogen-bond donors (Lipinski definition) is 0. The minimum atomic E-state index is 0.510. The van der Waals surface area contributed by atoms with Crippen molar-refractivity contribution in [2.45, 2.75) is 0 Å². The van der Waals surface area contributed by atoms with Crippen LogP contribution in [0.15, 0.2) is 449 Å². The Hall–Kier alpha value is -17.9. The van der Waals surface area contributed by atoms with Gasteiger partial charge in [-0.15, -0.1) is 34.0 Å². The summed E-state index contributed by atoms with van der Waals surface area (Å²) in [5.41, 5.74) is 22.4.